The summed E-state index contributed by atoms with van der Waals surface area (Å²) >= 11 is 0. The van der Waals surface area contributed by atoms with Gasteiger partial charge < -0.3 is 11.1 Å². The van der Waals surface area contributed by atoms with Gasteiger partial charge in [-0.05, 0) is 26.3 Å². The van der Waals surface area contributed by atoms with E-state index in [0.717, 1.165) is 31.6 Å². The van der Waals surface area contributed by atoms with E-state index in [1.54, 1.807) is 0 Å². The predicted molar refractivity (Wildman–Crippen MR) is 62.7 cm³/mol. The summed E-state index contributed by atoms with van der Waals surface area (Å²) in [5, 5.41) is 7.59. The monoisotopic (exact) mass is 224 g/mol. The van der Waals surface area contributed by atoms with E-state index in [1.165, 1.54) is 5.56 Å². The zero-order chi connectivity index (χ0) is 12.0. The molecule has 1 aromatic rings. The minimum Gasteiger partial charge on any atom is -0.370 e. The third-order valence-electron chi connectivity index (χ3n) is 2.46. The van der Waals surface area contributed by atoms with Crippen LogP contribution in [-0.2, 0) is 18.4 Å². The molecule has 0 spiro atoms. The van der Waals surface area contributed by atoms with Gasteiger partial charge >= 0.3 is 0 Å². The molecule has 16 heavy (non-hydrogen) atoms. The summed E-state index contributed by atoms with van der Waals surface area (Å²) in [6.45, 7) is 3.74. The van der Waals surface area contributed by atoms with Crippen LogP contribution in [0, 0.1) is 6.92 Å². The molecule has 0 unspecified atom stereocenters. The van der Waals surface area contributed by atoms with Crippen molar-refractivity contribution in [3.8, 4) is 0 Å². The van der Waals surface area contributed by atoms with Crippen LogP contribution < -0.4 is 11.1 Å². The Balaban J connectivity index is 2.11. The first-order valence-electron chi connectivity index (χ1n) is 5.57. The Morgan fingerprint density at radius 1 is 1.56 bits per heavy atom. The number of amides is 1. The van der Waals surface area contributed by atoms with E-state index in [4.69, 9.17) is 5.73 Å². The van der Waals surface area contributed by atoms with Gasteiger partial charge in [0.1, 0.15) is 0 Å². The maximum atomic E-state index is 10.5. The van der Waals surface area contributed by atoms with Gasteiger partial charge in [0.05, 0.1) is 5.69 Å². The highest BCUT2D eigenvalue weighted by Gasteiger charge is 2.01. The van der Waals surface area contributed by atoms with Gasteiger partial charge in [0.25, 0.3) is 0 Å². The van der Waals surface area contributed by atoms with Gasteiger partial charge in [-0.2, -0.15) is 5.10 Å². The molecule has 0 radical (unpaired) electrons. The number of hydrogen-bond donors (Lipinski definition) is 2. The quantitative estimate of drug-likeness (QED) is 0.661. The first-order valence-corrected chi connectivity index (χ1v) is 5.57. The number of nitrogens with zero attached hydrogens (tertiary/aromatic N) is 2. The molecule has 1 amide bonds. The molecule has 5 heteroatoms. The fourth-order valence-corrected chi connectivity index (χ4v) is 1.59. The molecule has 3 N–H and O–H groups in total. The van der Waals surface area contributed by atoms with Crippen LogP contribution in [0.2, 0.25) is 0 Å². The molecule has 5 nitrogen and oxygen atoms in total. The molecule has 1 heterocycles. The van der Waals surface area contributed by atoms with Gasteiger partial charge in [0.15, 0.2) is 0 Å². The third-order valence-corrected chi connectivity index (χ3v) is 2.46. The average molecular weight is 224 g/mol. The molecule has 0 aromatic carbocycles. The highest BCUT2D eigenvalue weighted by Crippen LogP contribution is 2.03. The van der Waals surface area contributed by atoms with Crippen molar-refractivity contribution in [1.29, 1.82) is 0 Å². The van der Waals surface area contributed by atoms with Crippen LogP contribution in [0.25, 0.3) is 0 Å². The summed E-state index contributed by atoms with van der Waals surface area (Å²) in [5.74, 6) is -0.219. The summed E-state index contributed by atoms with van der Waals surface area (Å²) in [6, 6.07) is 0. The Bertz CT molecular complexity index is 346. The highest BCUT2D eigenvalue weighted by molar-refractivity contribution is 5.73. The summed E-state index contributed by atoms with van der Waals surface area (Å²) in [4.78, 5) is 10.5. The molecular formula is C11H20N4O. The normalized spacial score (nSPS) is 10.6. The number of aromatic nitrogens is 2. The second-order valence-corrected chi connectivity index (χ2v) is 4.01. The SMILES string of the molecule is Cc1nn(C)cc1CNCCCCC(N)=O. The second kappa shape index (κ2) is 6.27. The van der Waals surface area contributed by atoms with Crippen LogP contribution in [-0.4, -0.2) is 22.2 Å². The summed E-state index contributed by atoms with van der Waals surface area (Å²) in [5.41, 5.74) is 7.33. The maximum Gasteiger partial charge on any atom is 0.217 e. The van der Waals surface area contributed by atoms with E-state index in [9.17, 15) is 4.79 Å². The number of rotatable bonds is 7. The number of nitrogens with one attached hydrogen (secondary N) is 1. The molecule has 0 saturated carbocycles. The smallest absolute Gasteiger partial charge is 0.217 e. The van der Waals surface area contributed by atoms with Gasteiger partial charge in [-0.25, -0.2) is 0 Å². The van der Waals surface area contributed by atoms with Crippen LogP contribution in [0.4, 0.5) is 0 Å². The average Bonchev–Trinajstić information content (AvgIpc) is 2.50. The molecule has 1 rings (SSSR count). The molecule has 0 fully saturated rings. The number of aryl methyl sites for hydroxylation is 2. The van der Waals surface area contributed by atoms with Gasteiger partial charge in [-0.3, -0.25) is 9.48 Å². The molecular weight excluding hydrogens is 204 g/mol. The molecule has 0 bridgehead atoms. The van der Waals surface area contributed by atoms with Crippen molar-refractivity contribution in [2.75, 3.05) is 6.54 Å². The van der Waals surface area contributed by atoms with Crippen molar-refractivity contribution in [3.63, 3.8) is 0 Å². The van der Waals surface area contributed by atoms with E-state index in [0.29, 0.717) is 6.42 Å². The molecule has 0 aliphatic rings. The second-order valence-electron chi connectivity index (χ2n) is 4.01. The first-order chi connectivity index (χ1) is 7.59. The van der Waals surface area contributed by atoms with E-state index >= 15 is 0 Å². The Kier molecular flexibility index (Phi) is 4.98. The molecule has 0 saturated heterocycles. The zero-order valence-electron chi connectivity index (χ0n) is 9.99. The van der Waals surface area contributed by atoms with E-state index in [1.807, 2.05) is 24.9 Å². The van der Waals surface area contributed by atoms with Crippen molar-refractivity contribution in [3.05, 3.63) is 17.5 Å². The number of nitrogens with two attached hydrogens (primary N) is 1. The summed E-state index contributed by atoms with van der Waals surface area (Å²) in [7, 11) is 1.92. The summed E-state index contributed by atoms with van der Waals surface area (Å²) < 4.78 is 1.82. The van der Waals surface area contributed by atoms with Crippen LogP contribution in [0.1, 0.15) is 30.5 Å². The first kappa shape index (κ1) is 12.7. The number of primary amides is 1. The van der Waals surface area contributed by atoms with Crippen molar-refractivity contribution < 1.29 is 4.79 Å². The lowest BCUT2D eigenvalue weighted by Crippen LogP contribution is -2.16. The lowest BCUT2D eigenvalue weighted by molar-refractivity contribution is -0.118. The maximum absolute atomic E-state index is 10.5. The standard InChI is InChI=1S/C11H20N4O/c1-9-10(8-15(2)14-9)7-13-6-4-3-5-11(12)16/h8,13H,3-7H2,1-2H3,(H2,12,16). The van der Waals surface area contributed by atoms with Gasteiger partial charge in [-0.1, -0.05) is 0 Å². The van der Waals surface area contributed by atoms with Crippen LogP contribution in [0.3, 0.4) is 0 Å². The number of carbonyl (C=O) groups is 1. The van der Waals surface area contributed by atoms with E-state index < -0.39 is 0 Å². The molecule has 0 aliphatic heterocycles. The van der Waals surface area contributed by atoms with Gasteiger partial charge in [0, 0.05) is 31.8 Å². The molecule has 0 atom stereocenters. The lowest BCUT2D eigenvalue weighted by atomic mass is 10.2. The van der Waals surface area contributed by atoms with Crippen LogP contribution in [0.5, 0.6) is 0 Å². The fourth-order valence-electron chi connectivity index (χ4n) is 1.59. The Labute approximate surface area is 96.0 Å². The third kappa shape index (κ3) is 4.44. The van der Waals surface area contributed by atoms with Crippen molar-refractivity contribution in [1.82, 2.24) is 15.1 Å². The number of hydrogen-bond acceptors (Lipinski definition) is 3. The van der Waals surface area contributed by atoms with Crippen LogP contribution >= 0.6 is 0 Å². The number of carbonyl (C=O) groups excluding carboxylic acids is 1. The molecule has 1 aromatic heterocycles. The lowest BCUT2D eigenvalue weighted by Gasteiger charge is -2.02. The summed E-state index contributed by atoms with van der Waals surface area (Å²) in [6.07, 6.45) is 4.33. The number of unbranched alkanes of at least 4 members (excludes halogenated alkanes) is 1. The molecule has 90 valence electrons. The van der Waals surface area contributed by atoms with Gasteiger partial charge in [-0.15, -0.1) is 0 Å². The minimum absolute atomic E-state index is 0.219. The topological polar surface area (TPSA) is 72.9 Å². The van der Waals surface area contributed by atoms with Crippen molar-refractivity contribution >= 4 is 5.91 Å². The Morgan fingerprint density at radius 2 is 2.31 bits per heavy atom. The Hall–Kier alpha value is -1.36. The fraction of sp³-hybridized carbons (Fsp3) is 0.636. The van der Waals surface area contributed by atoms with E-state index in [-0.39, 0.29) is 5.91 Å². The van der Waals surface area contributed by atoms with E-state index in [2.05, 4.69) is 10.4 Å². The van der Waals surface area contributed by atoms with Crippen molar-refractivity contribution in [2.45, 2.75) is 32.7 Å². The van der Waals surface area contributed by atoms with Crippen LogP contribution in [0.15, 0.2) is 6.20 Å². The Morgan fingerprint density at radius 3 is 2.88 bits per heavy atom. The van der Waals surface area contributed by atoms with Crippen molar-refractivity contribution in [2.24, 2.45) is 12.8 Å². The highest BCUT2D eigenvalue weighted by atomic mass is 16.1. The zero-order valence-corrected chi connectivity index (χ0v) is 9.99. The van der Waals surface area contributed by atoms with Gasteiger partial charge in [0.2, 0.25) is 5.91 Å². The minimum atomic E-state index is -0.219. The predicted octanol–water partition coefficient (Wildman–Crippen LogP) is 0.474. The largest absolute Gasteiger partial charge is 0.370 e. The molecule has 0 aliphatic carbocycles.